The fourth-order valence-electron chi connectivity index (χ4n) is 3.91. The zero-order valence-corrected chi connectivity index (χ0v) is 19.6. The van der Waals surface area contributed by atoms with Crippen LogP contribution in [-0.4, -0.2) is 45.8 Å². The van der Waals surface area contributed by atoms with Crippen LogP contribution in [0.2, 0.25) is 10.0 Å². The lowest BCUT2D eigenvalue weighted by atomic mass is 10.0. The average molecular weight is 449 g/mol. The highest BCUT2D eigenvalue weighted by Crippen LogP contribution is 2.26. The monoisotopic (exact) mass is 448 g/mol. The van der Waals surface area contributed by atoms with Crippen LogP contribution in [0.25, 0.3) is 6.08 Å². The van der Waals surface area contributed by atoms with Crippen LogP contribution < -0.4 is 5.32 Å². The van der Waals surface area contributed by atoms with Gasteiger partial charge in [0.25, 0.3) is 0 Å². The van der Waals surface area contributed by atoms with E-state index in [9.17, 15) is 4.79 Å². The van der Waals surface area contributed by atoms with Gasteiger partial charge in [-0.1, -0.05) is 29.3 Å². The molecule has 0 unspecified atom stereocenters. The van der Waals surface area contributed by atoms with Crippen LogP contribution in [0.5, 0.6) is 0 Å². The van der Waals surface area contributed by atoms with Gasteiger partial charge in [-0.05, 0) is 58.7 Å². The summed E-state index contributed by atoms with van der Waals surface area (Å²) in [6.45, 7) is 10.9. The van der Waals surface area contributed by atoms with Crippen LogP contribution in [-0.2, 0) is 11.3 Å². The highest BCUT2D eigenvalue weighted by atomic mass is 35.5. The molecule has 1 aliphatic heterocycles. The Kier molecular flexibility index (Phi) is 7.61. The van der Waals surface area contributed by atoms with Crippen LogP contribution in [0.15, 0.2) is 24.3 Å². The molecule has 0 saturated carbocycles. The van der Waals surface area contributed by atoms with Gasteiger partial charge < -0.3 is 10.2 Å². The van der Waals surface area contributed by atoms with E-state index in [1.807, 2.05) is 42.8 Å². The molecular weight excluding hydrogens is 419 g/mol. The second kappa shape index (κ2) is 9.99. The third-order valence-corrected chi connectivity index (χ3v) is 6.52. The van der Waals surface area contributed by atoms with E-state index in [-0.39, 0.29) is 11.9 Å². The van der Waals surface area contributed by atoms with Gasteiger partial charge in [-0.2, -0.15) is 5.10 Å². The number of halogens is 2. The molecule has 0 atom stereocenters. The third-order valence-electron chi connectivity index (χ3n) is 5.81. The largest absolute Gasteiger partial charge is 0.350 e. The maximum atomic E-state index is 12.4. The van der Waals surface area contributed by atoms with E-state index in [0.717, 1.165) is 48.4 Å². The number of benzene rings is 1. The molecule has 1 fully saturated rings. The molecule has 0 aliphatic carbocycles. The molecule has 0 bridgehead atoms. The second-order valence-corrected chi connectivity index (χ2v) is 9.00. The molecule has 3 rings (SSSR count). The number of amides is 1. The van der Waals surface area contributed by atoms with E-state index in [4.69, 9.17) is 23.2 Å². The third kappa shape index (κ3) is 5.45. The number of piperidine rings is 1. The molecule has 0 spiro atoms. The maximum absolute atomic E-state index is 12.4. The summed E-state index contributed by atoms with van der Waals surface area (Å²) in [4.78, 5) is 14.9. The molecule has 7 heteroatoms. The van der Waals surface area contributed by atoms with Crippen LogP contribution >= 0.6 is 23.2 Å². The number of hydrogen-bond acceptors (Lipinski definition) is 3. The van der Waals surface area contributed by atoms with Crippen LogP contribution in [0, 0.1) is 13.8 Å². The normalized spacial score (nSPS) is 16.0. The molecule has 1 N–H and O–H groups in total. The minimum Gasteiger partial charge on any atom is -0.350 e. The van der Waals surface area contributed by atoms with Crippen molar-refractivity contribution in [2.45, 2.75) is 59.2 Å². The molecule has 0 radical (unpaired) electrons. The van der Waals surface area contributed by atoms with E-state index in [1.165, 1.54) is 0 Å². The van der Waals surface area contributed by atoms with Gasteiger partial charge in [0.05, 0.1) is 12.2 Å². The molecule has 1 aromatic carbocycles. The van der Waals surface area contributed by atoms with Crippen molar-refractivity contribution >= 4 is 35.2 Å². The second-order valence-electron chi connectivity index (χ2n) is 8.19. The Morgan fingerprint density at radius 2 is 1.87 bits per heavy atom. The van der Waals surface area contributed by atoms with Gasteiger partial charge in [0.1, 0.15) is 0 Å². The summed E-state index contributed by atoms with van der Waals surface area (Å²) in [5.41, 5.74) is 3.62. The number of carbonyl (C=O) groups is 1. The highest BCUT2D eigenvalue weighted by Gasteiger charge is 2.21. The molecule has 162 valence electrons. The zero-order valence-electron chi connectivity index (χ0n) is 18.1. The van der Waals surface area contributed by atoms with E-state index in [2.05, 4.69) is 29.2 Å². The predicted molar refractivity (Wildman–Crippen MR) is 124 cm³/mol. The minimum atomic E-state index is -0.0568. The Morgan fingerprint density at radius 3 is 2.47 bits per heavy atom. The lowest BCUT2D eigenvalue weighted by Gasteiger charge is -2.34. The topological polar surface area (TPSA) is 50.2 Å². The summed E-state index contributed by atoms with van der Waals surface area (Å²) >= 11 is 12.6. The van der Waals surface area contributed by atoms with Crippen LogP contribution in [0.3, 0.4) is 0 Å². The highest BCUT2D eigenvalue weighted by molar-refractivity contribution is 6.35. The summed E-state index contributed by atoms with van der Waals surface area (Å²) in [5.74, 6) is -0.0568. The first kappa shape index (κ1) is 22.9. The number of aromatic nitrogens is 2. The zero-order chi connectivity index (χ0) is 21.8. The Balaban J connectivity index is 1.64. The summed E-state index contributed by atoms with van der Waals surface area (Å²) in [7, 11) is 0. The minimum absolute atomic E-state index is 0.0568. The van der Waals surface area contributed by atoms with Crippen molar-refractivity contribution < 1.29 is 4.79 Å². The fraction of sp³-hybridized carbons (Fsp3) is 0.478. The van der Waals surface area contributed by atoms with Gasteiger partial charge >= 0.3 is 0 Å². The molecule has 5 nitrogen and oxygen atoms in total. The summed E-state index contributed by atoms with van der Waals surface area (Å²) in [6.07, 6.45) is 5.44. The first-order chi connectivity index (χ1) is 14.3. The lowest BCUT2D eigenvalue weighted by molar-refractivity contribution is -0.117. The smallest absolute Gasteiger partial charge is 0.244 e. The Hall–Kier alpha value is -1.82. The number of aryl methyl sites for hydroxylation is 1. The Labute approximate surface area is 189 Å². The van der Waals surface area contributed by atoms with Crippen LogP contribution in [0.1, 0.15) is 49.2 Å². The van der Waals surface area contributed by atoms with Crippen LogP contribution in [0.4, 0.5) is 0 Å². The first-order valence-electron chi connectivity index (χ1n) is 10.5. The number of hydrogen-bond donors (Lipinski definition) is 1. The van der Waals surface area contributed by atoms with E-state index >= 15 is 0 Å². The maximum Gasteiger partial charge on any atom is 0.244 e. The quantitative estimate of drug-likeness (QED) is 0.641. The number of nitrogens with zero attached hydrogens (tertiary/aromatic N) is 3. The predicted octanol–water partition coefficient (Wildman–Crippen LogP) is 4.86. The standard InChI is InChI=1S/C23H30Cl2N4O/c1-15(2)28-12-10-18(11-13-28)26-23(30)9-8-19-16(3)27-29(17(19)4)14-20-21(24)6-5-7-22(20)25/h5-9,15,18H,10-14H2,1-4H3,(H,26,30)/b9-8+. The number of likely N-dealkylation sites (tertiary alicyclic amines) is 1. The molecule has 1 saturated heterocycles. The average Bonchev–Trinajstić information content (AvgIpc) is 2.96. The van der Waals surface area contributed by atoms with Crippen molar-refractivity contribution in [3.63, 3.8) is 0 Å². The molecule has 1 aliphatic rings. The SMILES string of the molecule is Cc1nn(Cc2c(Cl)cccc2Cl)c(C)c1/C=C/C(=O)NC1CCN(C(C)C)CC1. The number of nitrogens with one attached hydrogen (secondary N) is 1. The Bertz CT molecular complexity index is 907. The molecule has 2 aromatic rings. The van der Waals surface area contributed by atoms with Gasteiger partial charge in [0.15, 0.2) is 0 Å². The lowest BCUT2D eigenvalue weighted by Crippen LogP contribution is -2.46. The molecule has 1 amide bonds. The summed E-state index contributed by atoms with van der Waals surface area (Å²) < 4.78 is 1.88. The van der Waals surface area contributed by atoms with E-state index < -0.39 is 0 Å². The van der Waals surface area contributed by atoms with Crippen molar-refractivity contribution in [2.24, 2.45) is 0 Å². The molecule has 30 heavy (non-hydrogen) atoms. The molecule has 1 aromatic heterocycles. The van der Waals surface area contributed by atoms with Crippen molar-refractivity contribution in [3.05, 3.63) is 56.8 Å². The van der Waals surface area contributed by atoms with Crippen molar-refractivity contribution in [3.8, 4) is 0 Å². The van der Waals surface area contributed by atoms with Gasteiger partial charge in [-0.3, -0.25) is 9.48 Å². The molecule has 2 heterocycles. The molecular formula is C23H30Cl2N4O. The van der Waals surface area contributed by atoms with Gasteiger partial charge in [-0.15, -0.1) is 0 Å². The number of rotatable bonds is 6. The van der Waals surface area contributed by atoms with Gasteiger partial charge in [0.2, 0.25) is 5.91 Å². The van der Waals surface area contributed by atoms with Crippen molar-refractivity contribution in [1.82, 2.24) is 20.0 Å². The fourth-order valence-corrected chi connectivity index (χ4v) is 4.42. The summed E-state index contributed by atoms with van der Waals surface area (Å²) in [5, 5.41) is 8.99. The first-order valence-corrected chi connectivity index (χ1v) is 11.2. The Morgan fingerprint density at radius 1 is 1.23 bits per heavy atom. The summed E-state index contributed by atoms with van der Waals surface area (Å²) in [6, 6.07) is 6.28. The van der Waals surface area contributed by atoms with Crippen molar-refractivity contribution in [2.75, 3.05) is 13.1 Å². The van der Waals surface area contributed by atoms with E-state index in [0.29, 0.717) is 22.6 Å². The van der Waals surface area contributed by atoms with E-state index in [1.54, 1.807) is 6.08 Å². The van der Waals surface area contributed by atoms with Gasteiger partial charge in [-0.25, -0.2) is 0 Å². The number of carbonyl (C=O) groups excluding carboxylic acids is 1. The van der Waals surface area contributed by atoms with Gasteiger partial charge in [0, 0.05) is 58.1 Å². The van der Waals surface area contributed by atoms with Crippen molar-refractivity contribution in [1.29, 1.82) is 0 Å².